The van der Waals surface area contributed by atoms with Crippen LogP contribution in [0.1, 0.15) is 23.2 Å². The molecule has 0 bridgehead atoms. The van der Waals surface area contributed by atoms with Crippen LogP contribution >= 0.6 is 11.3 Å². The van der Waals surface area contributed by atoms with Crippen LogP contribution in [0.2, 0.25) is 0 Å². The highest BCUT2D eigenvalue weighted by atomic mass is 32.1. The third kappa shape index (κ3) is 2.20. The lowest BCUT2D eigenvalue weighted by molar-refractivity contribution is -0.0789. The molecule has 3 rings (SSSR count). The summed E-state index contributed by atoms with van der Waals surface area (Å²) in [6, 6.07) is 0. The quantitative estimate of drug-likeness (QED) is 0.893. The maximum atomic E-state index is 12.1. The second-order valence-corrected chi connectivity index (χ2v) is 6.52. The molecule has 2 N–H and O–H groups in total. The van der Waals surface area contributed by atoms with Crippen molar-refractivity contribution in [3.63, 3.8) is 0 Å². The van der Waals surface area contributed by atoms with Crippen LogP contribution in [0.25, 0.3) is 10.2 Å². The van der Waals surface area contributed by atoms with Crippen molar-refractivity contribution in [2.24, 2.45) is 0 Å². The highest BCUT2D eigenvalue weighted by molar-refractivity contribution is 7.18. The molecule has 2 aromatic rings. The molecule has 1 fully saturated rings. The van der Waals surface area contributed by atoms with Crippen LogP contribution in [0.3, 0.4) is 0 Å². The maximum absolute atomic E-state index is 12.1. The van der Waals surface area contributed by atoms with Crippen LogP contribution in [0, 0.1) is 13.8 Å². The van der Waals surface area contributed by atoms with Gasteiger partial charge < -0.3 is 15.0 Å². The number of rotatable bonds is 3. The lowest BCUT2D eigenvalue weighted by Gasteiger charge is -2.38. The lowest BCUT2D eigenvalue weighted by Crippen LogP contribution is -2.58. The molecule has 0 saturated carbocycles. The van der Waals surface area contributed by atoms with Crippen molar-refractivity contribution in [1.29, 1.82) is 0 Å². The SMILES string of the molecule is Cc1sc2nc(COC3(C)CNC3)[nH]c(=O)c2c1C. The van der Waals surface area contributed by atoms with Crippen LogP contribution in [0.15, 0.2) is 4.79 Å². The molecule has 5 nitrogen and oxygen atoms in total. The highest BCUT2D eigenvalue weighted by Gasteiger charge is 2.32. The van der Waals surface area contributed by atoms with E-state index in [-0.39, 0.29) is 11.2 Å². The number of hydrogen-bond acceptors (Lipinski definition) is 5. The van der Waals surface area contributed by atoms with Gasteiger partial charge in [0, 0.05) is 18.0 Å². The van der Waals surface area contributed by atoms with E-state index in [0.29, 0.717) is 17.8 Å². The average molecular weight is 279 g/mol. The van der Waals surface area contributed by atoms with Crippen LogP contribution in [-0.2, 0) is 11.3 Å². The Hall–Kier alpha value is -1.24. The molecule has 2 aromatic heterocycles. The molecule has 0 unspecified atom stereocenters. The van der Waals surface area contributed by atoms with Gasteiger partial charge in [0.1, 0.15) is 17.3 Å². The van der Waals surface area contributed by atoms with Gasteiger partial charge in [0.2, 0.25) is 0 Å². The summed E-state index contributed by atoms with van der Waals surface area (Å²) in [5, 5.41) is 3.89. The predicted molar refractivity (Wildman–Crippen MR) is 75.8 cm³/mol. The zero-order valence-corrected chi connectivity index (χ0v) is 12.1. The van der Waals surface area contributed by atoms with Gasteiger partial charge in [-0.3, -0.25) is 4.79 Å². The monoisotopic (exact) mass is 279 g/mol. The summed E-state index contributed by atoms with van der Waals surface area (Å²) in [5.74, 6) is 0.604. The van der Waals surface area contributed by atoms with E-state index in [0.717, 1.165) is 28.4 Å². The second kappa shape index (κ2) is 4.40. The number of aromatic amines is 1. The molecule has 0 atom stereocenters. The number of hydrogen-bond donors (Lipinski definition) is 2. The number of fused-ring (bicyclic) bond motifs is 1. The summed E-state index contributed by atoms with van der Waals surface area (Å²) in [6.07, 6.45) is 0. The van der Waals surface area contributed by atoms with Gasteiger partial charge in [-0.2, -0.15) is 0 Å². The van der Waals surface area contributed by atoms with Crippen molar-refractivity contribution >= 4 is 21.6 Å². The number of nitrogens with one attached hydrogen (secondary N) is 2. The minimum atomic E-state index is -0.130. The second-order valence-electron chi connectivity index (χ2n) is 5.32. The number of H-pyrrole nitrogens is 1. The Labute approximate surface area is 115 Å². The third-order valence-corrected chi connectivity index (χ3v) is 4.74. The third-order valence-electron chi connectivity index (χ3n) is 3.64. The lowest BCUT2D eigenvalue weighted by atomic mass is 10.0. The summed E-state index contributed by atoms with van der Waals surface area (Å²) in [6.45, 7) is 8.06. The molecule has 6 heteroatoms. The first-order chi connectivity index (χ1) is 8.98. The molecule has 19 heavy (non-hydrogen) atoms. The molecular weight excluding hydrogens is 262 g/mol. The minimum absolute atomic E-state index is 0.0673. The molecule has 0 aliphatic carbocycles. The fourth-order valence-corrected chi connectivity index (χ4v) is 3.24. The van der Waals surface area contributed by atoms with E-state index in [1.807, 2.05) is 13.8 Å². The first-order valence-electron chi connectivity index (χ1n) is 6.32. The highest BCUT2D eigenvalue weighted by Crippen LogP contribution is 2.26. The zero-order chi connectivity index (χ0) is 13.6. The van der Waals surface area contributed by atoms with Crippen molar-refractivity contribution in [2.75, 3.05) is 13.1 Å². The first-order valence-corrected chi connectivity index (χ1v) is 7.14. The molecule has 0 aromatic carbocycles. The summed E-state index contributed by atoms with van der Waals surface area (Å²) in [4.78, 5) is 21.3. The van der Waals surface area contributed by atoms with Crippen molar-refractivity contribution in [3.8, 4) is 0 Å². The molecular formula is C13H17N3O2S. The van der Waals surface area contributed by atoms with Gasteiger partial charge in [-0.1, -0.05) is 0 Å². The van der Waals surface area contributed by atoms with E-state index < -0.39 is 0 Å². The Morgan fingerprint density at radius 2 is 2.16 bits per heavy atom. The Morgan fingerprint density at radius 3 is 2.79 bits per heavy atom. The van der Waals surface area contributed by atoms with E-state index in [1.165, 1.54) is 0 Å². The van der Waals surface area contributed by atoms with Gasteiger partial charge in [0.15, 0.2) is 0 Å². The van der Waals surface area contributed by atoms with Crippen LogP contribution in [-0.4, -0.2) is 28.7 Å². The van der Waals surface area contributed by atoms with Crippen LogP contribution in [0.5, 0.6) is 0 Å². The Bertz CT molecular complexity index is 685. The molecule has 0 radical (unpaired) electrons. The number of nitrogens with zero attached hydrogens (tertiary/aromatic N) is 1. The van der Waals surface area contributed by atoms with E-state index in [2.05, 4.69) is 22.2 Å². The van der Waals surface area contributed by atoms with Crippen LogP contribution < -0.4 is 10.9 Å². The normalized spacial score (nSPS) is 17.6. The molecule has 0 spiro atoms. The molecule has 102 valence electrons. The van der Waals surface area contributed by atoms with Crippen molar-refractivity contribution in [1.82, 2.24) is 15.3 Å². The van der Waals surface area contributed by atoms with E-state index in [9.17, 15) is 4.79 Å². The number of thiophene rings is 1. The molecule has 1 aliphatic rings. The van der Waals surface area contributed by atoms with E-state index in [4.69, 9.17) is 4.74 Å². The molecule has 1 saturated heterocycles. The topological polar surface area (TPSA) is 67.0 Å². The molecule has 1 aliphatic heterocycles. The van der Waals surface area contributed by atoms with Crippen LogP contribution in [0.4, 0.5) is 0 Å². The Morgan fingerprint density at radius 1 is 1.42 bits per heavy atom. The standard InChI is InChI=1S/C13H17N3O2S/c1-7-8(2)19-12-10(7)11(17)15-9(16-12)4-18-13(3)5-14-6-13/h14H,4-6H2,1-3H3,(H,15,16,17). The van der Waals surface area contributed by atoms with Gasteiger partial charge in [-0.25, -0.2) is 4.98 Å². The van der Waals surface area contributed by atoms with E-state index in [1.54, 1.807) is 11.3 Å². The van der Waals surface area contributed by atoms with Gasteiger partial charge in [0.25, 0.3) is 5.56 Å². The number of aryl methyl sites for hydroxylation is 2. The van der Waals surface area contributed by atoms with Gasteiger partial charge >= 0.3 is 0 Å². The summed E-state index contributed by atoms with van der Waals surface area (Å²) in [5.41, 5.74) is 0.827. The van der Waals surface area contributed by atoms with Gasteiger partial charge in [-0.15, -0.1) is 11.3 Å². The predicted octanol–water partition coefficient (Wildman–Crippen LogP) is 1.48. The zero-order valence-electron chi connectivity index (χ0n) is 11.3. The maximum Gasteiger partial charge on any atom is 0.259 e. The number of ether oxygens (including phenoxy) is 1. The summed E-state index contributed by atoms with van der Waals surface area (Å²) >= 11 is 1.56. The van der Waals surface area contributed by atoms with Gasteiger partial charge in [-0.05, 0) is 26.3 Å². The summed E-state index contributed by atoms with van der Waals surface area (Å²) in [7, 11) is 0. The molecule has 0 amide bonds. The van der Waals surface area contributed by atoms with Crippen molar-refractivity contribution in [3.05, 3.63) is 26.6 Å². The molecule has 3 heterocycles. The Balaban J connectivity index is 1.91. The number of aromatic nitrogens is 2. The largest absolute Gasteiger partial charge is 0.365 e. The van der Waals surface area contributed by atoms with Crippen molar-refractivity contribution in [2.45, 2.75) is 33.0 Å². The van der Waals surface area contributed by atoms with Gasteiger partial charge in [0.05, 0.1) is 11.0 Å². The Kier molecular flexibility index (Phi) is 2.96. The van der Waals surface area contributed by atoms with Crippen molar-refractivity contribution < 1.29 is 4.74 Å². The smallest absolute Gasteiger partial charge is 0.259 e. The average Bonchev–Trinajstić information content (AvgIpc) is 2.60. The minimum Gasteiger partial charge on any atom is -0.365 e. The fourth-order valence-electron chi connectivity index (χ4n) is 2.19. The summed E-state index contributed by atoms with van der Waals surface area (Å²) < 4.78 is 5.80. The fraction of sp³-hybridized carbons (Fsp3) is 0.538. The first kappa shape index (κ1) is 12.8. The van der Waals surface area contributed by atoms with E-state index >= 15 is 0 Å².